The molecule has 1 aromatic carbocycles. The van der Waals surface area contributed by atoms with Crippen LogP contribution in [0.15, 0.2) is 23.2 Å². The number of anilines is 1. The predicted molar refractivity (Wildman–Crippen MR) is 93.4 cm³/mol. The van der Waals surface area contributed by atoms with Crippen LogP contribution in [0, 0.1) is 0 Å². The van der Waals surface area contributed by atoms with Crippen molar-refractivity contribution < 1.29 is 13.2 Å². The van der Waals surface area contributed by atoms with E-state index in [1.54, 1.807) is 6.07 Å². The first-order chi connectivity index (χ1) is 11.2. The fraction of sp³-hybridized carbons (Fsp3) is 0.467. The van der Waals surface area contributed by atoms with Crippen LogP contribution in [0.3, 0.4) is 0 Å². The van der Waals surface area contributed by atoms with Gasteiger partial charge < -0.3 is 11.1 Å². The largest absolute Gasteiger partial charge is 0.399 e. The molecule has 2 aliphatic rings. The van der Waals surface area contributed by atoms with Crippen LogP contribution < -0.4 is 11.1 Å². The van der Waals surface area contributed by atoms with Crippen molar-refractivity contribution in [2.75, 3.05) is 18.5 Å². The lowest BCUT2D eigenvalue weighted by molar-refractivity contribution is 0.262. The molecule has 9 heteroatoms. The molecular formula is C15H19BN4O3S. The van der Waals surface area contributed by atoms with Gasteiger partial charge in [0.05, 0.1) is 5.75 Å². The topological polar surface area (TPSA) is 105 Å². The van der Waals surface area contributed by atoms with Crippen molar-refractivity contribution >= 4 is 35.3 Å². The van der Waals surface area contributed by atoms with E-state index in [1.165, 1.54) is 7.05 Å². The summed E-state index contributed by atoms with van der Waals surface area (Å²) in [6, 6.07) is 5.54. The van der Waals surface area contributed by atoms with Crippen molar-refractivity contribution in [2.24, 2.45) is 4.99 Å². The molecule has 0 unspecified atom stereocenters. The van der Waals surface area contributed by atoms with Crippen LogP contribution in [0.2, 0.25) is 0 Å². The molecule has 1 aromatic rings. The Morgan fingerprint density at radius 2 is 2.17 bits per heavy atom. The normalized spacial score (nSPS) is 25.5. The first kappa shape index (κ1) is 16.8. The zero-order valence-electron chi connectivity index (χ0n) is 13.4. The Bertz CT molecular complexity index is 824. The molecule has 1 amide bonds. The van der Waals surface area contributed by atoms with E-state index >= 15 is 0 Å². The number of nitrogens with zero attached hydrogens (tertiary/aromatic N) is 2. The zero-order chi connectivity index (χ0) is 17.5. The van der Waals surface area contributed by atoms with Gasteiger partial charge in [0.25, 0.3) is 0 Å². The highest BCUT2D eigenvalue weighted by atomic mass is 32.2. The Labute approximate surface area is 142 Å². The van der Waals surface area contributed by atoms with Crippen LogP contribution in [0.5, 0.6) is 0 Å². The zero-order valence-corrected chi connectivity index (χ0v) is 14.3. The van der Waals surface area contributed by atoms with E-state index in [1.807, 2.05) is 12.1 Å². The Kier molecular flexibility index (Phi) is 4.07. The molecule has 7 nitrogen and oxygen atoms in total. The summed E-state index contributed by atoms with van der Waals surface area (Å²) in [5.41, 5.74) is 7.41. The summed E-state index contributed by atoms with van der Waals surface area (Å²) in [6.45, 7) is 0. The van der Waals surface area contributed by atoms with Crippen LogP contribution in [0.1, 0.15) is 30.4 Å². The fourth-order valence-electron chi connectivity index (χ4n) is 3.43. The molecule has 126 valence electrons. The quantitative estimate of drug-likeness (QED) is 0.533. The highest BCUT2D eigenvalue weighted by Crippen LogP contribution is 2.42. The van der Waals surface area contributed by atoms with E-state index in [0.717, 1.165) is 34.7 Å². The van der Waals surface area contributed by atoms with Gasteiger partial charge in [-0.25, -0.2) is 17.7 Å². The van der Waals surface area contributed by atoms with E-state index in [2.05, 4.69) is 10.3 Å². The van der Waals surface area contributed by atoms with Crippen LogP contribution in [0.25, 0.3) is 0 Å². The van der Waals surface area contributed by atoms with Gasteiger partial charge in [-0.3, -0.25) is 4.79 Å². The van der Waals surface area contributed by atoms with Gasteiger partial charge in [0.15, 0.2) is 5.81 Å². The minimum Gasteiger partial charge on any atom is -0.399 e. The maximum atomic E-state index is 12.7. The van der Waals surface area contributed by atoms with Gasteiger partial charge in [-0.2, -0.15) is 0 Å². The number of hydrogen-bond acceptors (Lipinski definition) is 5. The molecule has 1 atom stereocenters. The second kappa shape index (κ2) is 5.80. The number of fused-ring (bicyclic) bond motifs is 2. The molecule has 1 aliphatic carbocycles. The molecule has 24 heavy (non-hydrogen) atoms. The summed E-state index contributed by atoms with van der Waals surface area (Å²) < 4.78 is 26.3. The summed E-state index contributed by atoms with van der Waals surface area (Å²) in [4.78, 5) is 15.9. The number of carbonyl (C=O) groups excluding carboxylic acids is 1. The van der Waals surface area contributed by atoms with Crippen molar-refractivity contribution in [3.8, 4) is 0 Å². The van der Waals surface area contributed by atoms with Gasteiger partial charge in [-0.15, -0.1) is 0 Å². The van der Waals surface area contributed by atoms with E-state index in [9.17, 15) is 13.2 Å². The molecule has 0 aromatic heterocycles. The molecule has 0 saturated heterocycles. The molecule has 3 rings (SSSR count). The lowest BCUT2D eigenvalue weighted by Crippen LogP contribution is -2.54. The first-order valence-corrected chi connectivity index (χ1v) is 9.36. The molecular weight excluding hydrogens is 327 g/mol. The monoisotopic (exact) mass is 346 g/mol. The second-order valence-electron chi connectivity index (χ2n) is 6.30. The summed E-state index contributed by atoms with van der Waals surface area (Å²) in [5.74, 6) is -1.06. The van der Waals surface area contributed by atoms with Gasteiger partial charge >= 0.3 is 0 Å². The Hall–Kier alpha value is -2.03. The first-order valence-electron chi connectivity index (χ1n) is 7.75. The highest BCUT2D eigenvalue weighted by Gasteiger charge is 2.45. The Morgan fingerprint density at radius 3 is 2.88 bits per heavy atom. The number of nitrogens with two attached hydrogens (primary N) is 1. The molecule has 1 aliphatic heterocycles. The van der Waals surface area contributed by atoms with Crippen LogP contribution in [0.4, 0.5) is 10.5 Å². The number of hydrogen-bond donors (Lipinski definition) is 2. The summed E-state index contributed by atoms with van der Waals surface area (Å²) >= 11 is 0. The van der Waals surface area contributed by atoms with Gasteiger partial charge in [0.2, 0.25) is 23.8 Å². The fourth-order valence-corrected chi connectivity index (χ4v) is 4.94. The Morgan fingerprint density at radius 1 is 1.42 bits per heavy atom. The number of nitrogens with one attached hydrogen (secondary N) is 1. The number of aliphatic imine (C=N–C) groups is 1. The van der Waals surface area contributed by atoms with Crippen molar-refractivity contribution in [3.05, 3.63) is 29.3 Å². The number of carbonyl (C=O) groups is 1. The van der Waals surface area contributed by atoms with E-state index < -0.39 is 21.4 Å². The number of aryl methyl sites for hydroxylation is 1. The number of guanidine groups is 1. The average molecular weight is 346 g/mol. The summed E-state index contributed by atoms with van der Waals surface area (Å²) in [6.07, 6.45) is 3.20. The predicted octanol–water partition coefficient (Wildman–Crippen LogP) is 0.700. The SMILES string of the molecule is [B]C(=O)NC1=N[C@@]2(CCCCc3ccc(N)cc32)CS(=O)(=O)N1C. The number of sulfonamides is 1. The van der Waals surface area contributed by atoms with Crippen molar-refractivity contribution in [2.45, 2.75) is 31.2 Å². The van der Waals surface area contributed by atoms with E-state index in [4.69, 9.17) is 13.6 Å². The third-order valence-corrected chi connectivity index (χ3v) is 6.46. The minimum atomic E-state index is -3.64. The summed E-state index contributed by atoms with van der Waals surface area (Å²) in [7, 11) is 2.88. The third-order valence-electron chi connectivity index (χ3n) is 4.61. The van der Waals surface area contributed by atoms with Crippen molar-refractivity contribution in [1.82, 2.24) is 9.62 Å². The van der Waals surface area contributed by atoms with Crippen molar-refractivity contribution in [3.63, 3.8) is 0 Å². The smallest absolute Gasteiger partial charge is 0.239 e. The number of amides is 1. The maximum absolute atomic E-state index is 12.7. The van der Waals surface area contributed by atoms with Crippen molar-refractivity contribution in [1.29, 1.82) is 0 Å². The third kappa shape index (κ3) is 2.88. The lowest BCUT2D eigenvalue weighted by Gasteiger charge is -2.38. The number of rotatable bonds is 0. The molecule has 0 saturated carbocycles. The van der Waals surface area contributed by atoms with Gasteiger partial charge in [0, 0.05) is 12.7 Å². The molecule has 0 fully saturated rings. The molecule has 2 radical (unpaired) electrons. The highest BCUT2D eigenvalue weighted by molar-refractivity contribution is 7.89. The second-order valence-corrected chi connectivity index (χ2v) is 8.30. The van der Waals surface area contributed by atoms with Gasteiger partial charge in [-0.05, 0) is 42.5 Å². The van der Waals surface area contributed by atoms with Crippen LogP contribution in [-0.4, -0.2) is 45.1 Å². The Balaban J connectivity index is 2.23. The average Bonchev–Trinajstić information content (AvgIpc) is 2.64. The van der Waals surface area contributed by atoms with E-state index in [-0.39, 0.29) is 11.7 Å². The van der Waals surface area contributed by atoms with Crippen LogP contribution >= 0.6 is 0 Å². The van der Waals surface area contributed by atoms with Gasteiger partial charge in [0.1, 0.15) is 5.54 Å². The molecule has 1 spiro atoms. The molecule has 0 bridgehead atoms. The molecule has 3 N–H and O–H groups in total. The van der Waals surface area contributed by atoms with E-state index in [0.29, 0.717) is 12.1 Å². The maximum Gasteiger partial charge on any atom is 0.239 e. The standard InChI is InChI=1S/C15H19BN4O3S/c1-20-14(18-13(16)21)19-15(9-24(20,22)23)7-3-2-4-10-5-6-11(17)8-12(10)15/h5-6,8H,2-4,7,9,17H2,1H3,(H,18,19,21)/t15-/m0/s1. The van der Waals surface area contributed by atoms with Gasteiger partial charge in [-0.1, -0.05) is 12.5 Å². The summed E-state index contributed by atoms with van der Waals surface area (Å²) in [5, 5.41) is 2.33. The lowest BCUT2D eigenvalue weighted by atomic mass is 9.86. The number of nitrogen functional groups attached to an aromatic ring is 1. The number of benzene rings is 1. The van der Waals surface area contributed by atoms with Crippen LogP contribution in [-0.2, 0) is 22.0 Å². The molecule has 1 heterocycles. The minimum absolute atomic E-state index is 0.0518.